The van der Waals surface area contributed by atoms with Crippen LogP contribution in [0.3, 0.4) is 0 Å². The summed E-state index contributed by atoms with van der Waals surface area (Å²) in [4.78, 5) is 0. The zero-order valence-corrected chi connectivity index (χ0v) is 95.8. The zero-order chi connectivity index (χ0) is 107. The van der Waals surface area contributed by atoms with E-state index in [0.717, 1.165) is 51.9 Å². The predicted octanol–water partition coefficient (Wildman–Crippen LogP) is 44.6. The molecule has 4 aliphatic rings. The normalized spacial score (nSPS) is 10.4. The minimum Gasteiger partial charge on any atom is -0.341 e. The fourth-order valence-corrected chi connectivity index (χ4v) is 19.8. The lowest BCUT2D eigenvalue weighted by atomic mass is 9.93. The van der Waals surface area contributed by atoms with Crippen LogP contribution in [-0.4, -0.2) is 18.3 Å². The smallest absolute Gasteiger partial charge is 0.0491 e. The molecule has 4 nitrogen and oxygen atoms in total. The molecule has 760 valence electrons. The van der Waals surface area contributed by atoms with Crippen LogP contribution in [0.2, 0.25) is 0 Å². The summed E-state index contributed by atoms with van der Waals surface area (Å²) >= 11 is 0. The first-order chi connectivity index (χ1) is 71.4. The van der Waals surface area contributed by atoms with Crippen molar-refractivity contribution in [2.45, 2.75) is 301 Å². The average Bonchev–Trinajstić information content (AvgIpc) is 1.60. The Balaban J connectivity index is 0.000000308. The molecule has 4 aromatic heterocycles. The molecule has 0 amide bonds. The number of aryl methyl sites for hydroxylation is 4. The van der Waals surface area contributed by atoms with Crippen molar-refractivity contribution in [3.8, 4) is 89.0 Å². The highest BCUT2D eigenvalue weighted by molar-refractivity contribution is 6.13. The second kappa shape index (κ2) is 64.4. The largest absolute Gasteiger partial charge is 0.341 e. The third-order valence-electron chi connectivity index (χ3n) is 24.9. The van der Waals surface area contributed by atoms with E-state index >= 15 is 0 Å². The number of aromatic nitrogens is 4. The molecule has 16 aromatic carbocycles. The van der Waals surface area contributed by atoms with Crippen molar-refractivity contribution in [1.29, 1.82) is 0 Å². The number of para-hydroxylation sites is 4. The van der Waals surface area contributed by atoms with Crippen LogP contribution in [0.4, 0.5) is 0 Å². The van der Waals surface area contributed by atoms with Crippen LogP contribution in [0, 0.1) is 0 Å². The molecule has 0 radical (unpaired) electrons. The fraction of sp³-hybridized carbons (Fsp3) is 0.314. The first-order valence-corrected chi connectivity index (χ1v) is 56.2. The minimum atomic E-state index is 0.984. The van der Waals surface area contributed by atoms with Gasteiger partial charge in [-0.2, -0.15) is 0 Å². The van der Waals surface area contributed by atoms with Crippen molar-refractivity contribution in [3.63, 3.8) is 0 Å². The van der Waals surface area contributed by atoms with E-state index in [2.05, 4.69) is 386 Å². The van der Waals surface area contributed by atoms with Crippen molar-refractivity contribution in [1.82, 2.24) is 18.3 Å². The van der Waals surface area contributed by atoms with Gasteiger partial charge in [-0.15, -0.1) is 0 Å². The van der Waals surface area contributed by atoms with Gasteiger partial charge in [0.2, 0.25) is 0 Å². The topological polar surface area (TPSA) is 19.7 Å². The van der Waals surface area contributed by atoms with Crippen molar-refractivity contribution in [2.75, 3.05) is 0 Å². The number of hydrogen-bond acceptors (Lipinski definition) is 0. The van der Waals surface area contributed by atoms with Crippen molar-refractivity contribution < 1.29 is 0 Å². The number of rotatable bonds is 8. The monoisotopic (exact) mass is 1920 g/mol. The Morgan fingerprint density at radius 1 is 0.146 bits per heavy atom. The Morgan fingerprint density at radius 3 is 0.771 bits per heavy atom. The van der Waals surface area contributed by atoms with E-state index in [4.69, 9.17) is 0 Å². The van der Waals surface area contributed by atoms with Gasteiger partial charge >= 0.3 is 0 Å². The summed E-state index contributed by atoms with van der Waals surface area (Å²) in [5.74, 6) is 0. The first kappa shape index (κ1) is 121. The van der Waals surface area contributed by atoms with Gasteiger partial charge in [0.15, 0.2) is 0 Å². The maximum atomic E-state index is 2.42. The highest BCUT2D eigenvalue weighted by atomic mass is 15.0. The Bertz CT molecular complexity index is 7190. The molecule has 20 aromatic rings. The van der Waals surface area contributed by atoms with Gasteiger partial charge in [-0.25, -0.2) is 0 Å². The third-order valence-corrected chi connectivity index (χ3v) is 24.9. The van der Waals surface area contributed by atoms with E-state index in [0.29, 0.717) is 0 Å². The molecule has 4 heteroatoms. The summed E-state index contributed by atoms with van der Waals surface area (Å²) in [6.45, 7) is 76.8. The molecule has 24 rings (SSSR count). The van der Waals surface area contributed by atoms with E-state index in [9.17, 15) is 0 Å². The second-order valence-corrected chi connectivity index (χ2v) is 30.7. The lowest BCUT2D eigenvalue weighted by Gasteiger charge is -2.11. The van der Waals surface area contributed by atoms with Crippen molar-refractivity contribution in [2.24, 2.45) is 0 Å². The van der Waals surface area contributed by atoms with E-state index < -0.39 is 0 Å². The molecule has 0 fully saturated rings. The molecule has 0 N–H and O–H groups in total. The van der Waals surface area contributed by atoms with Crippen LogP contribution in [-0.2, 0) is 51.9 Å². The van der Waals surface area contributed by atoms with Crippen molar-refractivity contribution >= 4 is 87.2 Å². The second-order valence-electron chi connectivity index (χ2n) is 30.7. The Labute approximate surface area is 873 Å². The fourth-order valence-electron chi connectivity index (χ4n) is 19.8. The molecular formula is C140H180N4. The summed E-state index contributed by atoms with van der Waals surface area (Å²) in [7, 11) is 0. The Morgan fingerprint density at radius 2 is 0.375 bits per heavy atom. The number of nitrogens with zero attached hydrogens (tertiary/aromatic N) is 4. The average molecular weight is 1920 g/mol. The van der Waals surface area contributed by atoms with Gasteiger partial charge in [0.05, 0.1) is 0 Å². The van der Waals surface area contributed by atoms with E-state index in [1.165, 1.54) is 221 Å². The molecule has 0 spiro atoms. The van der Waals surface area contributed by atoms with Gasteiger partial charge in [-0.3, -0.25) is 0 Å². The molecule has 0 aliphatic heterocycles. The summed E-state index contributed by atoms with van der Waals surface area (Å²) < 4.78 is 9.65. The van der Waals surface area contributed by atoms with Gasteiger partial charge in [0.1, 0.15) is 0 Å². The molecule has 0 bridgehead atoms. The van der Waals surface area contributed by atoms with Crippen LogP contribution >= 0.6 is 0 Å². The molecule has 4 heterocycles. The quantitative estimate of drug-likeness (QED) is 0.144. The van der Waals surface area contributed by atoms with Crippen molar-refractivity contribution in [3.05, 3.63) is 384 Å². The molecule has 0 unspecified atom stereocenters. The molecule has 4 aliphatic carbocycles. The van der Waals surface area contributed by atoms with Crippen LogP contribution in [0.15, 0.2) is 340 Å². The van der Waals surface area contributed by atoms with Gasteiger partial charge in [0.25, 0.3) is 0 Å². The lowest BCUT2D eigenvalue weighted by molar-refractivity contribution is 0.827. The van der Waals surface area contributed by atoms with Gasteiger partial charge in [-0.05, 0) is 266 Å². The number of fused-ring (bicyclic) bond motifs is 24. The van der Waals surface area contributed by atoms with E-state index in [1.807, 2.05) is 222 Å². The zero-order valence-electron chi connectivity index (χ0n) is 95.8. The molecule has 144 heavy (non-hydrogen) atoms. The molecular weight excluding hydrogens is 1740 g/mol. The van der Waals surface area contributed by atoms with Crippen LogP contribution < -0.4 is 0 Å². The Kier molecular flexibility index (Phi) is 54.2. The van der Waals surface area contributed by atoms with Gasteiger partial charge in [-0.1, -0.05) is 482 Å². The standard InChI is InChI=1S/4C27H21N.16C2H6/c1-2-28-25-13-6-5-11-23(25)24-17-19(14-15-26(24)28)22-12-7-9-20-16-18-8-3-4-10-21(18)27(20)22;1-2-28-26-13-6-5-10-23(26)25-17-19(14-15-27(25)28)21-11-7-12-22-20-9-4-3-8-18(20)16-24(21)22;1-2-28-26-10-6-5-9-24(26)25-17-19(12-14-27(25)28)18-11-13-23-21(15-18)16-20-7-3-4-8-22(20)23;1-2-28-26-10-6-5-9-23(26)25-17-19(13-14-27(25)28)18-11-12-21-15-20-7-3-4-8-22(20)24(21)16-18;16*1-2/h3*3-15,17H,2,16H2,1H3;3-14,16-17H,2,15H2,1H3;16*1-2H3. The summed E-state index contributed by atoms with van der Waals surface area (Å²) in [6.07, 6.45) is 4.15. The summed E-state index contributed by atoms with van der Waals surface area (Å²) in [6, 6.07) is 125. The lowest BCUT2D eigenvalue weighted by Crippen LogP contribution is -1.93. The Hall–Kier alpha value is -13.3. The number of hydrogen-bond donors (Lipinski definition) is 0. The minimum absolute atomic E-state index is 0.984. The maximum Gasteiger partial charge on any atom is 0.0491 e. The van der Waals surface area contributed by atoms with E-state index in [1.54, 1.807) is 0 Å². The molecule has 0 saturated carbocycles. The predicted molar refractivity (Wildman–Crippen MR) is 657 cm³/mol. The summed E-state index contributed by atoms with van der Waals surface area (Å²) in [5, 5.41) is 10.8. The first-order valence-electron chi connectivity index (χ1n) is 56.2. The highest BCUT2D eigenvalue weighted by Gasteiger charge is 2.26. The summed E-state index contributed by atoms with van der Waals surface area (Å²) in [5.41, 5.74) is 43.8. The highest BCUT2D eigenvalue weighted by Crippen LogP contribution is 2.48. The van der Waals surface area contributed by atoms with Gasteiger partial charge in [0, 0.05) is 113 Å². The molecule has 0 atom stereocenters. The number of benzene rings is 16. The van der Waals surface area contributed by atoms with Crippen LogP contribution in [0.5, 0.6) is 0 Å². The third kappa shape index (κ3) is 25.9. The van der Waals surface area contributed by atoms with Gasteiger partial charge < -0.3 is 18.3 Å². The SMILES string of the molecule is CC.CC.CC.CC.CC.CC.CC.CC.CC.CC.CC.CC.CC.CC.CC.CC.CCn1c2ccccc2c2cc(-c3ccc4c(c3)-c3ccccc3C4)ccc21.CCn1c2ccccc2c2cc(-c3ccc4c(c3)Cc3ccccc3-4)ccc21.CCn1c2ccccc2c2cc(-c3cccc4c3-c3ccccc3C4)ccc21.CCn1c2ccccc2c2cc(-c3cccc4c3Cc3ccccc3-4)ccc21. The maximum absolute atomic E-state index is 2.42. The van der Waals surface area contributed by atoms with Crippen LogP contribution in [0.25, 0.3) is 176 Å². The van der Waals surface area contributed by atoms with Crippen LogP contribution in [0.1, 0.15) is 294 Å². The molecule has 0 saturated heterocycles. The van der Waals surface area contributed by atoms with E-state index in [-0.39, 0.29) is 0 Å².